The number of aryl methyl sites for hydroxylation is 1. The van der Waals surface area contributed by atoms with E-state index in [-0.39, 0.29) is 5.56 Å². The number of nitrogens with zero attached hydrogens (tertiary/aromatic N) is 1. The first-order valence-electron chi connectivity index (χ1n) is 2.55. The van der Waals surface area contributed by atoms with Crippen LogP contribution in [0.5, 0.6) is 0 Å². The molecule has 0 atom stereocenters. The number of hydrogen-bond acceptors (Lipinski definition) is 2. The van der Waals surface area contributed by atoms with Gasteiger partial charge in [0.05, 0.1) is 0 Å². The molecular weight excluding hydrogens is 118 g/mol. The van der Waals surface area contributed by atoms with Crippen molar-refractivity contribution < 1.29 is 4.68 Å². The molecule has 4 heteroatoms. The average Bonchev–Trinajstić information content (AvgIpc) is 1.80. The molecule has 9 heavy (non-hydrogen) atoms. The summed E-state index contributed by atoms with van der Waals surface area (Å²) < 4.78 is 1.46. The Kier molecular flexibility index (Phi) is 1.22. The van der Waals surface area contributed by atoms with Crippen molar-refractivity contribution in [2.75, 3.05) is 5.73 Å². The van der Waals surface area contributed by atoms with Crippen molar-refractivity contribution in [1.29, 1.82) is 0 Å². The second kappa shape index (κ2) is 1.89. The Labute approximate surface area is 51.9 Å². The largest absolute Gasteiger partial charge is 0.291 e. The molecule has 0 amide bonds. The average molecular weight is 126 g/mol. The molecule has 0 radical (unpaired) electrons. The fourth-order valence-electron chi connectivity index (χ4n) is 0.540. The molecule has 1 aromatic heterocycles. The van der Waals surface area contributed by atoms with Gasteiger partial charge in [0.2, 0.25) is 0 Å². The van der Waals surface area contributed by atoms with Crippen LogP contribution in [0.3, 0.4) is 0 Å². The lowest BCUT2D eigenvalue weighted by molar-refractivity contribution is -0.718. The minimum absolute atomic E-state index is 0.147. The monoisotopic (exact) mass is 126 g/mol. The fraction of sp³-hybridized carbons (Fsp3) is 0.200. The first kappa shape index (κ1) is 5.81. The molecular formula is C5H8N3O+. The van der Waals surface area contributed by atoms with Gasteiger partial charge in [0.15, 0.2) is 0 Å². The number of rotatable bonds is 0. The number of hydrogen-bond donors (Lipinski definition) is 2. The van der Waals surface area contributed by atoms with Crippen LogP contribution < -0.4 is 16.0 Å². The zero-order chi connectivity index (χ0) is 6.85. The Morgan fingerprint density at radius 2 is 2.33 bits per heavy atom. The van der Waals surface area contributed by atoms with Crippen molar-refractivity contribution in [3.63, 3.8) is 0 Å². The van der Waals surface area contributed by atoms with Crippen LogP contribution in [0.2, 0.25) is 0 Å². The molecule has 0 aliphatic rings. The van der Waals surface area contributed by atoms with Gasteiger partial charge in [0, 0.05) is 12.1 Å². The molecule has 0 aliphatic heterocycles. The SMILES string of the molecule is C[n+]1[nH]c(=O)ccc1N. The highest BCUT2D eigenvalue weighted by atomic mass is 16.1. The molecule has 0 bridgehead atoms. The van der Waals surface area contributed by atoms with E-state index in [9.17, 15) is 4.79 Å². The summed E-state index contributed by atoms with van der Waals surface area (Å²) in [5, 5.41) is 2.47. The van der Waals surface area contributed by atoms with E-state index in [2.05, 4.69) is 5.10 Å². The van der Waals surface area contributed by atoms with Crippen LogP contribution in [0.1, 0.15) is 0 Å². The summed E-state index contributed by atoms with van der Waals surface area (Å²) in [6.07, 6.45) is 0. The highest BCUT2D eigenvalue weighted by Crippen LogP contribution is 1.80. The van der Waals surface area contributed by atoms with Crippen molar-refractivity contribution >= 4 is 5.82 Å². The Balaban J connectivity index is 3.34. The Hall–Kier alpha value is -1.32. The lowest BCUT2D eigenvalue weighted by Crippen LogP contribution is -2.41. The van der Waals surface area contributed by atoms with Gasteiger partial charge in [-0.15, -0.1) is 0 Å². The van der Waals surface area contributed by atoms with E-state index >= 15 is 0 Å². The van der Waals surface area contributed by atoms with Crippen LogP contribution >= 0.6 is 0 Å². The molecule has 0 saturated carbocycles. The van der Waals surface area contributed by atoms with Gasteiger partial charge in [-0.25, -0.2) is 0 Å². The number of aromatic amines is 1. The lowest BCUT2D eigenvalue weighted by Gasteiger charge is -1.90. The zero-order valence-electron chi connectivity index (χ0n) is 5.09. The Morgan fingerprint density at radius 1 is 1.67 bits per heavy atom. The maximum absolute atomic E-state index is 10.5. The van der Waals surface area contributed by atoms with Crippen molar-refractivity contribution in [3.05, 3.63) is 22.5 Å². The van der Waals surface area contributed by atoms with Gasteiger partial charge in [0.25, 0.3) is 11.4 Å². The fourth-order valence-corrected chi connectivity index (χ4v) is 0.540. The van der Waals surface area contributed by atoms with Crippen molar-refractivity contribution in [2.24, 2.45) is 7.05 Å². The van der Waals surface area contributed by atoms with Crippen LogP contribution in [-0.4, -0.2) is 5.10 Å². The minimum Gasteiger partial charge on any atom is -0.286 e. The third-order valence-corrected chi connectivity index (χ3v) is 1.07. The van der Waals surface area contributed by atoms with E-state index in [4.69, 9.17) is 5.73 Å². The number of nitrogen functional groups attached to an aromatic ring is 1. The van der Waals surface area contributed by atoms with E-state index in [0.717, 1.165) is 0 Å². The minimum atomic E-state index is -0.147. The van der Waals surface area contributed by atoms with Gasteiger partial charge in [-0.3, -0.25) is 10.5 Å². The highest BCUT2D eigenvalue weighted by molar-refractivity contribution is 5.16. The molecule has 1 aromatic rings. The van der Waals surface area contributed by atoms with Crippen molar-refractivity contribution in [1.82, 2.24) is 5.10 Å². The molecule has 48 valence electrons. The summed E-state index contributed by atoms with van der Waals surface area (Å²) in [5.74, 6) is 0.537. The molecule has 0 saturated heterocycles. The summed E-state index contributed by atoms with van der Waals surface area (Å²) in [6.45, 7) is 0. The molecule has 0 aliphatic carbocycles. The molecule has 1 rings (SSSR count). The summed E-state index contributed by atoms with van der Waals surface area (Å²) in [4.78, 5) is 10.5. The molecule has 0 fully saturated rings. The summed E-state index contributed by atoms with van der Waals surface area (Å²) in [6, 6.07) is 2.94. The Bertz CT molecular complexity index is 265. The highest BCUT2D eigenvalue weighted by Gasteiger charge is 1.95. The van der Waals surface area contributed by atoms with E-state index in [1.807, 2.05) is 0 Å². The van der Waals surface area contributed by atoms with E-state index in [1.165, 1.54) is 10.7 Å². The van der Waals surface area contributed by atoms with Gasteiger partial charge in [-0.1, -0.05) is 0 Å². The third kappa shape index (κ3) is 1.07. The second-order valence-electron chi connectivity index (χ2n) is 1.79. The predicted molar refractivity (Wildman–Crippen MR) is 32.7 cm³/mol. The first-order valence-corrected chi connectivity index (χ1v) is 2.55. The number of H-pyrrole nitrogens is 1. The predicted octanol–water partition coefficient (Wildman–Crippen LogP) is -1.22. The maximum Gasteiger partial charge on any atom is 0.291 e. The summed E-state index contributed by atoms with van der Waals surface area (Å²) in [5.41, 5.74) is 5.23. The number of anilines is 1. The van der Waals surface area contributed by atoms with E-state index < -0.39 is 0 Å². The van der Waals surface area contributed by atoms with E-state index in [0.29, 0.717) is 5.82 Å². The number of nitrogens with two attached hydrogens (primary N) is 1. The smallest absolute Gasteiger partial charge is 0.286 e. The molecule has 0 spiro atoms. The first-order chi connectivity index (χ1) is 4.20. The zero-order valence-corrected chi connectivity index (χ0v) is 5.09. The topological polar surface area (TPSA) is 62.8 Å². The van der Waals surface area contributed by atoms with Gasteiger partial charge in [0.1, 0.15) is 7.05 Å². The van der Waals surface area contributed by atoms with Crippen LogP contribution in [0.15, 0.2) is 16.9 Å². The molecule has 0 aromatic carbocycles. The van der Waals surface area contributed by atoms with Gasteiger partial charge >= 0.3 is 0 Å². The van der Waals surface area contributed by atoms with Gasteiger partial charge in [-0.2, -0.15) is 9.78 Å². The van der Waals surface area contributed by atoms with E-state index in [1.54, 1.807) is 13.1 Å². The van der Waals surface area contributed by atoms with Crippen molar-refractivity contribution in [3.8, 4) is 0 Å². The Morgan fingerprint density at radius 3 is 2.78 bits per heavy atom. The standard InChI is InChI=1S/C5H7N3O/c1-8-4(6)2-3-5(9)7-8/h2-3,6H,1H3,(H,7,9)/p+1. The quantitative estimate of drug-likeness (QED) is 0.428. The van der Waals surface area contributed by atoms with Gasteiger partial charge < -0.3 is 0 Å². The molecule has 0 unspecified atom stereocenters. The third-order valence-electron chi connectivity index (χ3n) is 1.07. The summed E-state index contributed by atoms with van der Waals surface area (Å²) in [7, 11) is 1.68. The van der Waals surface area contributed by atoms with Gasteiger partial charge in [-0.05, 0) is 0 Å². The van der Waals surface area contributed by atoms with Crippen LogP contribution in [0.4, 0.5) is 5.82 Å². The number of aromatic nitrogens is 2. The molecule has 3 N–H and O–H groups in total. The van der Waals surface area contributed by atoms with Crippen LogP contribution in [0, 0.1) is 0 Å². The number of nitrogens with one attached hydrogen (secondary N) is 1. The second-order valence-corrected chi connectivity index (χ2v) is 1.79. The molecule has 1 heterocycles. The molecule has 4 nitrogen and oxygen atoms in total. The van der Waals surface area contributed by atoms with Crippen LogP contribution in [-0.2, 0) is 7.05 Å². The van der Waals surface area contributed by atoms with Crippen LogP contribution in [0.25, 0.3) is 0 Å². The lowest BCUT2D eigenvalue weighted by atomic mass is 10.5. The summed E-state index contributed by atoms with van der Waals surface area (Å²) >= 11 is 0. The normalized spacial score (nSPS) is 9.44. The van der Waals surface area contributed by atoms with Crippen molar-refractivity contribution in [2.45, 2.75) is 0 Å². The maximum atomic E-state index is 10.5.